The van der Waals surface area contributed by atoms with Gasteiger partial charge < -0.3 is 55.4 Å². The predicted octanol–water partition coefficient (Wildman–Crippen LogP) is -0.393. The second kappa shape index (κ2) is 11.0. The molecule has 214 valence electrons. The molecule has 2 aliphatic rings. The van der Waals surface area contributed by atoms with E-state index in [1.165, 1.54) is 6.07 Å². The molecule has 14 heteroatoms. The van der Waals surface area contributed by atoms with Crippen LogP contribution >= 0.6 is 0 Å². The lowest BCUT2D eigenvalue weighted by Crippen LogP contribution is -2.56. The predicted molar refractivity (Wildman–Crippen MR) is 130 cm³/mol. The highest BCUT2D eigenvalue weighted by Crippen LogP contribution is 2.47. The third kappa shape index (κ3) is 5.37. The quantitative estimate of drug-likeness (QED) is 0.154. The Kier molecular flexibility index (Phi) is 7.88. The molecule has 1 aliphatic heterocycles. The number of phenolic OH excluding ortho intramolecular Hbond substituents is 4. The smallest absolute Gasteiger partial charge is 0.335 e. The summed E-state index contributed by atoms with van der Waals surface area (Å²) < 4.78 is 10.7. The van der Waals surface area contributed by atoms with Crippen molar-refractivity contribution in [3.05, 3.63) is 52.6 Å². The zero-order valence-corrected chi connectivity index (χ0v) is 20.5. The molecule has 0 saturated carbocycles. The fraction of sp³-hybridized carbons (Fsp3) is 0.346. The summed E-state index contributed by atoms with van der Waals surface area (Å²) in [6.07, 6.45) is -7.97. The number of rotatable bonds is 7. The number of aromatic hydroxyl groups is 4. The fourth-order valence-corrected chi connectivity index (χ4v) is 4.90. The standard InChI is InChI=1S/C26H26O14/c27-13-2-1-9(4-14(13)28)20-11-6-16(30)15(29)5-10(11)3-12(21(20)25(36)37)26(38)40-23-19(7-17(31)24(34)35)39-8-18(32)22(23)33/h1-6,17-23,27-33H,7-8H2,(H,34,35)(H,36,37). The van der Waals surface area contributed by atoms with Crippen LogP contribution in [0.3, 0.4) is 0 Å². The number of benzene rings is 2. The number of hydrogen-bond donors (Lipinski definition) is 9. The van der Waals surface area contributed by atoms with Gasteiger partial charge in [0.15, 0.2) is 35.2 Å². The van der Waals surface area contributed by atoms with Gasteiger partial charge in [-0.3, -0.25) is 4.79 Å². The minimum absolute atomic E-state index is 0.0932. The summed E-state index contributed by atoms with van der Waals surface area (Å²) in [4.78, 5) is 37.2. The molecule has 2 aromatic rings. The number of phenols is 4. The van der Waals surface area contributed by atoms with Crippen LogP contribution in [0, 0.1) is 5.92 Å². The van der Waals surface area contributed by atoms with Crippen LogP contribution in [0.1, 0.15) is 29.0 Å². The van der Waals surface area contributed by atoms with Crippen molar-refractivity contribution in [2.24, 2.45) is 5.92 Å². The second-order valence-corrected chi connectivity index (χ2v) is 9.50. The molecule has 9 N–H and O–H groups in total. The number of aliphatic hydroxyl groups excluding tert-OH is 3. The number of fused-ring (bicyclic) bond motifs is 1. The van der Waals surface area contributed by atoms with E-state index < -0.39 is 102 Å². The number of carbonyl (C=O) groups excluding carboxylic acids is 1. The Morgan fingerprint density at radius 2 is 1.60 bits per heavy atom. The first kappa shape index (κ1) is 28.6. The normalized spacial score (nSPS) is 26.7. The number of carboxylic acid groups (broad SMARTS) is 2. The number of carboxylic acids is 2. The van der Waals surface area contributed by atoms with Gasteiger partial charge in [-0.25, -0.2) is 9.59 Å². The lowest BCUT2D eigenvalue weighted by atomic mass is 9.71. The van der Waals surface area contributed by atoms with Gasteiger partial charge in [-0.2, -0.15) is 0 Å². The Labute approximate surface area is 225 Å². The average molecular weight is 562 g/mol. The van der Waals surface area contributed by atoms with Gasteiger partial charge in [0.05, 0.1) is 18.1 Å². The monoisotopic (exact) mass is 562 g/mol. The van der Waals surface area contributed by atoms with E-state index in [-0.39, 0.29) is 16.7 Å². The summed E-state index contributed by atoms with van der Waals surface area (Å²) in [5, 5.41) is 89.6. The van der Waals surface area contributed by atoms with Gasteiger partial charge in [-0.15, -0.1) is 0 Å². The van der Waals surface area contributed by atoms with Crippen molar-refractivity contribution in [2.45, 2.75) is 42.9 Å². The van der Waals surface area contributed by atoms with Crippen molar-refractivity contribution in [2.75, 3.05) is 6.61 Å². The highest BCUT2D eigenvalue weighted by molar-refractivity contribution is 6.02. The van der Waals surface area contributed by atoms with E-state index in [0.29, 0.717) is 0 Å². The van der Waals surface area contributed by atoms with E-state index in [0.717, 1.165) is 30.3 Å². The van der Waals surface area contributed by atoms with E-state index in [2.05, 4.69) is 0 Å². The SMILES string of the molecule is O=C(OC1C(CC(O)C(=O)O)OCC(O)C1O)C1=Cc2cc(O)c(O)cc2C(c2ccc(O)c(O)c2)C1C(=O)O. The molecule has 0 aromatic heterocycles. The highest BCUT2D eigenvalue weighted by Gasteiger charge is 2.46. The summed E-state index contributed by atoms with van der Waals surface area (Å²) in [5.74, 6) is -9.76. The number of hydrogen-bond acceptors (Lipinski definition) is 12. The van der Waals surface area contributed by atoms with E-state index in [1.54, 1.807) is 0 Å². The number of esters is 1. The van der Waals surface area contributed by atoms with Crippen LogP contribution in [0.25, 0.3) is 6.08 Å². The average Bonchev–Trinajstić information content (AvgIpc) is 2.89. The van der Waals surface area contributed by atoms with Gasteiger partial charge in [0.25, 0.3) is 0 Å². The second-order valence-electron chi connectivity index (χ2n) is 9.50. The van der Waals surface area contributed by atoms with Crippen LogP contribution in [-0.2, 0) is 23.9 Å². The van der Waals surface area contributed by atoms with E-state index in [4.69, 9.17) is 14.6 Å². The van der Waals surface area contributed by atoms with Crippen molar-refractivity contribution in [1.29, 1.82) is 0 Å². The maximum absolute atomic E-state index is 13.5. The molecule has 1 saturated heterocycles. The zero-order chi connectivity index (χ0) is 29.5. The maximum atomic E-state index is 13.5. The highest BCUT2D eigenvalue weighted by atomic mass is 16.6. The third-order valence-electron chi connectivity index (χ3n) is 6.92. The summed E-state index contributed by atoms with van der Waals surface area (Å²) in [7, 11) is 0. The van der Waals surface area contributed by atoms with Crippen LogP contribution in [-0.4, -0.2) is 101 Å². The van der Waals surface area contributed by atoms with Crippen molar-refractivity contribution >= 4 is 24.0 Å². The molecule has 1 aliphatic carbocycles. The van der Waals surface area contributed by atoms with Crippen molar-refractivity contribution in [3.8, 4) is 23.0 Å². The Hall–Kier alpha value is -4.37. The topological polar surface area (TPSA) is 252 Å². The molecule has 1 heterocycles. The molecule has 40 heavy (non-hydrogen) atoms. The minimum Gasteiger partial charge on any atom is -0.504 e. The molecule has 0 spiro atoms. The summed E-state index contributed by atoms with van der Waals surface area (Å²) >= 11 is 0. The van der Waals surface area contributed by atoms with Gasteiger partial charge >= 0.3 is 17.9 Å². The summed E-state index contributed by atoms with van der Waals surface area (Å²) in [6.45, 7) is -0.463. The van der Waals surface area contributed by atoms with E-state index in [1.807, 2.05) is 0 Å². The lowest BCUT2D eigenvalue weighted by molar-refractivity contribution is -0.211. The first-order chi connectivity index (χ1) is 18.8. The molecule has 7 unspecified atom stereocenters. The van der Waals surface area contributed by atoms with Gasteiger partial charge in [-0.1, -0.05) is 6.07 Å². The van der Waals surface area contributed by atoms with Crippen LogP contribution in [0.2, 0.25) is 0 Å². The molecule has 1 fully saturated rings. The molecule has 14 nitrogen and oxygen atoms in total. The van der Waals surface area contributed by atoms with Crippen LogP contribution in [0.4, 0.5) is 0 Å². The zero-order valence-electron chi connectivity index (χ0n) is 20.5. The molecule has 0 radical (unpaired) electrons. The van der Waals surface area contributed by atoms with Gasteiger partial charge in [0.2, 0.25) is 0 Å². The molecule has 0 amide bonds. The van der Waals surface area contributed by atoms with Gasteiger partial charge in [0.1, 0.15) is 18.3 Å². The number of ether oxygens (including phenoxy) is 2. The first-order valence-electron chi connectivity index (χ1n) is 11.9. The molecular weight excluding hydrogens is 536 g/mol. The maximum Gasteiger partial charge on any atom is 0.335 e. The Morgan fingerprint density at radius 1 is 0.950 bits per heavy atom. The van der Waals surface area contributed by atoms with E-state index >= 15 is 0 Å². The largest absolute Gasteiger partial charge is 0.504 e. The van der Waals surface area contributed by atoms with Gasteiger partial charge in [0, 0.05) is 12.3 Å². The Bertz CT molecular complexity index is 1370. The number of aliphatic carboxylic acids is 2. The minimum atomic E-state index is -1.97. The molecule has 2 aromatic carbocycles. The fourth-order valence-electron chi connectivity index (χ4n) is 4.90. The van der Waals surface area contributed by atoms with Crippen molar-refractivity contribution in [3.63, 3.8) is 0 Å². The third-order valence-corrected chi connectivity index (χ3v) is 6.92. The number of carbonyl (C=O) groups is 3. The van der Waals surface area contributed by atoms with Crippen LogP contribution in [0.5, 0.6) is 23.0 Å². The molecule has 7 atom stereocenters. The summed E-state index contributed by atoms with van der Waals surface area (Å²) in [6, 6.07) is 5.60. The van der Waals surface area contributed by atoms with E-state index in [9.17, 15) is 55.2 Å². The Morgan fingerprint density at radius 3 is 2.23 bits per heavy atom. The van der Waals surface area contributed by atoms with Crippen molar-refractivity contribution < 1.29 is 69.8 Å². The van der Waals surface area contributed by atoms with Crippen molar-refractivity contribution in [1.82, 2.24) is 0 Å². The first-order valence-corrected chi connectivity index (χ1v) is 11.9. The summed E-state index contributed by atoms with van der Waals surface area (Å²) in [5.41, 5.74) is -0.169. The molecular formula is C26H26O14. The number of aliphatic hydroxyl groups is 3. The van der Waals surface area contributed by atoms with Crippen LogP contribution in [0.15, 0.2) is 35.9 Å². The van der Waals surface area contributed by atoms with Crippen LogP contribution < -0.4 is 0 Å². The Balaban J connectivity index is 1.79. The molecule has 4 rings (SSSR count). The lowest BCUT2D eigenvalue weighted by Gasteiger charge is -2.39. The molecule has 0 bridgehead atoms. The van der Waals surface area contributed by atoms with Gasteiger partial charge in [-0.05, 0) is 47.0 Å².